The van der Waals surface area contributed by atoms with E-state index in [2.05, 4.69) is 30.2 Å². The SMILES string of the molecule is O=C(CCc1ccccc1)N[C@H]1COC1=O.O=C(N[C@H]1COC1=O)c1ccc(-c2ccccc2)cc1.O=C(N[C@H]1COC1=O)c1ccc2ccccc2c1. The number of fused-ring (bicyclic) bond motifs is 1. The molecule has 0 radical (unpaired) electrons. The lowest BCUT2D eigenvalue weighted by Crippen LogP contribution is -2.52. The molecule has 0 saturated carbocycles. The Labute approximate surface area is 310 Å². The van der Waals surface area contributed by atoms with Crippen molar-refractivity contribution in [3.05, 3.63) is 144 Å². The van der Waals surface area contributed by atoms with E-state index in [1.165, 1.54) is 0 Å². The fraction of sp³-hybridized carbons (Fsp3) is 0.190. The van der Waals surface area contributed by atoms with Gasteiger partial charge in [0.05, 0.1) is 0 Å². The zero-order valence-corrected chi connectivity index (χ0v) is 29.1. The number of cyclic esters (lactones) is 3. The van der Waals surface area contributed by atoms with E-state index in [1.807, 2.05) is 109 Å². The molecule has 3 saturated heterocycles. The maximum absolute atomic E-state index is 11.9. The first-order valence-corrected chi connectivity index (χ1v) is 17.3. The lowest BCUT2D eigenvalue weighted by atomic mass is 10.0. The number of esters is 3. The maximum atomic E-state index is 11.9. The second-order valence-electron chi connectivity index (χ2n) is 12.6. The van der Waals surface area contributed by atoms with Crippen molar-refractivity contribution in [2.75, 3.05) is 19.8 Å². The van der Waals surface area contributed by atoms with Crippen molar-refractivity contribution in [1.82, 2.24) is 16.0 Å². The molecule has 0 aliphatic carbocycles. The van der Waals surface area contributed by atoms with Gasteiger partial charge >= 0.3 is 17.9 Å². The van der Waals surface area contributed by atoms with Crippen molar-refractivity contribution in [3.63, 3.8) is 0 Å². The summed E-state index contributed by atoms with van der Waals surface area (Å²) in [5.74, 6) is -1.70. The molecule has 3 aliphatic heterocycles. The molecule has 0 aromatic heterocycles. The van der Waals surface area contributed by atoms with Crippen LogP contribution in [0.15, 0.2) is 127 Å². The van der Waals surface area contributed by atoms with E-state index in [-0.39, 0.29) is 48.8 Å². The standard InChI is InChI=1S/C16H13NO3.C14H11NO3.C12H13NO3/c18-15(17-14-10-20-16(14)19)13-8-6-12(7-9-13)11-4-2-1-3-5-11;16-13(15-12-8-18-14(12)17)11-6-5-9-3-1-2-4-10(9)7-11;14-11(13-10-8-16-12(10)15)7-6-9-4-2-1-3-5-9/h1-9,14H,10H2,(H,17,18);1-7,12H,8H2,(H,15,16);1-5,10H,6-8H2,(H,13,14)/t14-;12-;10-/m000/s1. The summed E-state index contributed by atoms with van der Waals surface area (Å²) < 4.78 is 13.8. The minimum atomic E-state index is -0.503. The van der Waals surface area contributed by atoms with Gasteiger partial charge in [-0.25, -0.2) is 14.4 Å². The molecule has 3 amide bonds. The molecule has 5 aromatic carbocycles. The quantitative estimate of drug-likeness (QED) is 0.149. The zero-order valence-electron chi connectivity index (χ0n) is 29.1. The summed E-state index contributed by atoms with van der Waals surface area (Å²) in [4.78, 5) is 68.1. The van der Waals surface area contributed by atoms with E-state index in [4.69, 9.17) is 0 Å². The summed E-state index contributed by atoms with van der Waals surface area (Å²) in [5, 5.41) is 9.97. The van der Waals surface area contributed by atoms with Gasteiger partial charge in [0.1, 0.15) is 19.8 Å². The second-order valence-corrected chi connectivity index (χ2v) is 12.6. The third-order valence-electron chi connectivity index (χ3n) is 8.73. The predicted molar refractivity (Wildman–Crippen MR) is 198 cm³/mol. The zero-order chi connectivity index (χ0) is 37.9. The van der Waals surface area contributed by atoms with Crippen molar-refractivity contribution >= 4 is 46.4 Å². The molecule has 3 heterocycles. The topological polar surface area (TPSA) is 166 Å². The summed E-state index contributed by atoms with van der Waals surface area (Å²) in [5.41, 5.74) is 4.35. The number of nitrogens with one attached hydrogen (secondary N) is 3. The molecule has 3 aliphatic rings. The van der Waals surface area contributed by atoms with E-state index in [0.717, 1.165) is 27.5 Å². The molecule has 3 atom stereocenters. The minimum Gasteiger partial charge on any atom is -0.461 e. The minimum absolute atomic E-state index is 0.106. The van der Waals surface area contributed by atoms with Gasteiger partial charge in [0, 0.05) is 17.5 Å². The first-order valence-electron chi connectivity index (χ1n) is 17.3. The fourth-order valence-electron chi connectivity index (χ4n) is 5.43. The average Bonchev–Trinajstić information content (AvgIpc) is 3.22. The third-order valence-corrected chi connectivity index (χ3v) is 8.73. The summed E-state index contributed by atoms with van der Waals surface area (Å²) in [6.45, 7) is 0.820. The Morgan fingerprint density at radius 1 is 0.500 bits per heavy atom. The Morgan fingerprint density at radius 3 is 1.50 bits per heavy atom. The van der Waals surface area contributed by atoms with Gasteiger partial charge in [0.25, 0.3) is 11.8 Å². The Morgan fingerprint density at radius 2 is 0.963 bits per heavy atom. The molecule has 3 N–H and O–H groups in total. The van der Waals surface area contributed by atoms with Crippen LogP contribution in [0.3, 0.4) is 0 Å². The number of ether oxygens (including phenoxy) is 3. The van der Waals surface area contributed by atoms with Crippen LogP contribution in [0.5, 0.6) is 0 Å². The molecule has 12 heteroatoms. The molecule has 3 fully saturated rings. The number of carbonyl (C=O) groups excluding carboxylic acids is 6. The Hall–Kier alpha value is -6.82. The highest BCUT2D eigenvalue weighted by molar-refractivity contribution is 6.01. The van der Waals surface area contributed by atoms with Crippen LogP contribution in [0.25, 0.3) is 21.9 Å². The number of benzene rings is 5. The van der Waals surface area contributed by atoms with Crippen LogP contribution >= 0.6 is 0 Å². The van der Waals surface area contributed by atoms with Crippen LogP contribution < -0.4 is 16.0 Å². The van der Waals surface area contributed by atoms with Gasteiger partial charge in [-0.1, -0.05) is 103 Å². The summed E-state index contributed by atoms with van der Waals surface area (Å²) in [6.07, 6.45) is 1.09. The molecule has 12 nitrogen and oxygen atoms in total. The van der Waals surface area contributed by atoms with E-state index < -0.39 is 18.1 Å². The second kappa shape index (κ2) is 17.6. The Kier molecular flexibility index (Phi) is 12.0. The van der Waals surface area contributed by atoms with E-state index >= 15 is 0 Å². The maximum Gasteiger partial charge on any atom is 0.332 e. The van der Waals surface area contributed by atoms with Crippen molar-refractivity contribution in [2.45, 2.75) is 31.0 Å². The number of amides is 3. The van der Waals surface area contributed by atoms with E-state index in [0.29, 0.717) is 30.6 Å². The van der Waals surface area contributed by atoms with Gasteiger partial charge in [-0.15, -0.1) is 0 Å². The highest BCUT2D eigenvalue weighted by atomic mass is 16.6. The highest BCUT2D eigenvalue weighted by Crippen LogP contribution is 2.20. The van der Waals surface area contributed by atoms with Gasteiger partial charge in [-0.2, -0.15) is 0 Å². The summed E-state index contributed by atoms with van der Waals surface area (Å²) in [7, 11) is 0. The van der Waals surface area contributed by atoms with Crippen LogP contribution in [-0.4, -0.2) is 73.6 Å². The fourth-order valence-corrected chi connectivity index (χ4v) is 5.43. The van der Waals surface area contributed by atoms with Gasteiger partial charge in [-0.3, -0.25) is 14.4 Å². The Bertz CT molecular complexity index is 2140. The molecule has 0 bridgehead atoms. The van der Waals surface area contributed by atoms with Crippen LogP contribution in [-0.2, 0) is 39.8 Å². The largest absolute Gasteiger partial charge is 0.461 e. The third kappa shape index (κ3) is 9.73. The lowest BCUT2D eigenvalue weighted by molar-refractivity contribution is -0.164. The van der Waals surface area contributed by atoms with Crippen LogP contribution in [0, 0.1) is 0 Å². The van der Waals surface area contributed by atoms with Crippen molar-refractivity contribution < 1.29 is 43.0 Å². The average molecular weight is 728 g/mol. The predicted octanol–water partition coefficient (Wildman–Crippen LogP) is 4.16. The van der Waals surface area contributed by atoms with E-state index in [9.17, 15) is 28.8 Å². The first-order chi connectivity index (χ1) is 26.2. The van der Waals surface area contributed by atoms with Gasteiger partial charge < -0.3 is 30.2 Å². The lowest BCUT2D eigenvalue weighted by Gasteiger charge is -2.25. The Balaban J connectivity index is 0.000000139. The van der Waals surface area contributed by atoms with Gasteiger partial charge in [-0.05, 0) is 58.1 Å². The monoisotopic (exact) mass is 727 g/mol. The van der Waals surface area contributed by atoms with Crippen LogP contribution in [0.1, 0.15) is 32.7 Å². The van der Waals surface area contributed by atoms with Crippen LogP contribution in [0.2, 0.25) is 0 Å². The number of hydrogen-bond donors (Lipinski definition) is 3. The molecule has 274 valence electrons. The molecule has 8 rings (SSSR count). The van der Waals surface area contributed by atoms with E-state index in [1.54, 1.807) is 18.2 Å². The molecule has 0 spiro atoms. The van der Waals surface area contributed by atoms with Gasteiger partial charge in [0.2, 0.25) is 5.91 Å². The molecular formula is C42H37N3O9. The number of carbonyl (C=O) groups is 6. The molecule has 54 heavy (non-hydrogen) atoms. The van der Waals surface area contributed by atoms with Gasteiger partial charge in [0.15, 0.2) is 18.1 Å². The smallest absolute Gasteiger partial charge is 0.332 e. The highest BCUT2D eigenvalue weighted by Gasteiger charge is 2.33. The van der Waals surface area contributed by atoms with Crippen LogP contribution in [0.4, 0.5) is 0 Å². The number of aryl methyl sites for hydroxylation is 1. The number of hydrogen-bond acceptors (Lipinski definition) is 9. The molecule has 5 aromatic rings. The first kappa shape index (κ1) is 37.0. The van der Waals surface area contributed by atoms with Crippen molar-refractivity contribution in [1.29, 1.82) is 0 Å². The van der Waals surface area contributed by atoms with Crippen molar-refractivity contribution in [2.24, 2.45) is 0 Å². The number of rotatable bonds is 9. The molecule has 0 unspecified atom stereocenters. The normalized spacial score (nSPS) is 17.8. The summed E-state index contributed by atoms with van der Waals surface area (Å²) in [6, 6.07) is 38.8. The van der Waals surface area contributed by atoms with Crippen molar-refractivity contribution in [3.8, 4) is 11.1 Å². The summed E-state index contributed by atoms with van der Waals surface area (Å²) >= 11 is 0. The molecular weight excluding hydrogens is 690 g/mol.